The molecule has 0 bridgehead atoms. The summed E-state index contributed by atoms with van der Waals surface area (Å²) in [5.41, 5.74) is 1.85. The molecule has 0 heterocycles. The fourth-order valence-corrected chi connectivity index (χ4v) is 1.95. The van der Waals surface area contributed by atoms with Crippen LogP contribution in [0.2, 0.25) is 0 Å². The summed E-state index contributed by atoms with van der Waals surface area (Å²) in [5.74, 6) is 2.15. The molecule has 24 heavy (non-hydrogen) atoms. The van der Waals surface area contributed by atoms with E-state index in [4.69, 9.17) is 6.42 Å². The molecule has 0 aliphatic carbocycles. The lowest BCUT2D eigenvalue weighted by Gasteiger charge is -2.18. The van der Waals surface area contributed by atoms with Gasteiger partial charge in [-0.05, 0) is 36.4 Å². The highest BCUT2D eigenvalue weighted by molar-refractivity contribution is 6.05. The summed E-state index contributed by atoms with van der Waals surface area (Å²) in [6.07, 6.45) is 5.36. The molecule has 2 amide bonds. The second-order valence-electron chi connectivity index (χ2n) is 6.46. The number of benzene rings is 2. The summed E-state index contributed by atoms with van der Waals surface area (Å²) in [5, 5.41) is 5.61. The topological polar surface area (TPSA) is 58.2 Å². The zero-order valence-electron chi connectivity index (χ0n) is 14.0. The minimum absolute atomic E-state index is 0.109. The van der Waals surface area contributed by atoms with Crippen molar-refractivity contribution < 1.29 is 9.59 Å². The van der Waals surface area contributed by atoms with Gasteiger partial charge in [0, 0.05) is 27.9 Å². The maximum absolute atomic E-state index is 12.4. The molecule has 0 aromatic heterocycles. The molecule has 4 heteroatoms. The smallest absolute Gasteiger partial charge is 0.255 e. The highest BCUT2D eigenvalue weighted by atomic mass is 16.2. The third kappa shape index (κ3) is 4.47. The SMILES string of the molecule is C#Cc1cccc(NC(=O)c2cccc(NC(=O)C(C)(C)C)c2)c1. The fraction of sp³-hybridized carbons (Fsp3) is 0.200. The minimum atomic E-state index is -0.506. The third-order valence-electron chi connectivity index (χ3n) is 3.35. The van der Waals surface area contributed by atoms with Crippen molar-refractivity contribution in [3.05, 3.63) is 59.7 Å². The molecule has 2 aromatic rings. The van der Waals surface area contributed by atoms with Gasteiger partial charge >= 0.3 is 0 Å². The molecule has 0 saturated heterocycles. The van der Waals surface area contributed by atoms with Gasteiger partial charge in [-0.2, -0.15) is 0 Å². The van der Waals surface area contributed by atoms with Crippen LogP contribution in [0.25, 0.3) is 0 Å². The van der Waals surface area contributed by atoms with Gasteiger partial charge in [0.15, 0.2) is 0 Å². The lowest BCUT2D eigenvalue weighted by atomic mass is 9.95. The quantitative estimate of drug-likeness (QED) is 0.843. The largest absolute Gasteiger partial charge is 0.326 e. The van der Waals surface area contributed by atoms with Gasteiger partial charge in [-0.25, -0.2) is 0 Å². The zero-order valence-corrected chi connectivity index (χ0v) is 14.0. The second-order valence-corrected chi connectivity index (χ2v) is 6.46. The normalized spacial score (nSPS) is 10.6. The van der Waals surface area contributed by atoms with Gasteiger partial charge in [0.2, 0.25) is 5.91 Å². The lowest BCUT2D eigenvalue weighted by Crippen LogP contribution is -2.27. The first-order chi connectivity index (χ1) is 11.3. The molecule has 0 aliphatic heterocycles. The molecule has 0 radical (unpaired) electrons. The second kappa shape index (κ2) is 7.01. The number of hydrogen-bond acceptors (Lipinski definition) is 2. The number of terminal acetylenes is 1. The Kier molecular flexibility index (Phi) is 5.05. The van der Waals surface area contributed by atoms with Gasteiger partial charge in [0.1, 0.15) is 0 Å². The van der Waals surface area contributed by atoms with Crippen LogP contribution in [0, 0.1) is 17.8 Å². The van der Waals surface area contributed by atoms with Gasteiger partial charge in [0.25, 0.3) is 5.91 Å². The molecule has 0 spiro atoms. The first-order valence-corrected chi connectivity index (χ1v) is 7.59. The average molecular weight is 320 g/mol. The van der Waals surface area contributed by atoms with Crippen molar-refractivity contribution >= 4 is 23.2 Å². The first kappa shape index (κ1) is 17.3. The molecular formula is C20H20N2O2. The van der Waals surface area contributed by atoms with Gasteiger partial charge in [-0.3, -0.25) is 9.59 Å². The number of nitrogens with one attached hydrogen (secondary N) is 2. The van der Waals surface area contributed by atoms with Crippen LogP contribution in [0.3, 0.4) is 0 Å². The Morgan fingerprint density at radius 2 is 1.58 bits per heavy atom. The number of carbonyl (C=O) groups is 2. The summed E-state index contributed by atoms with van der Waals surface area (Å²) in [7, 11) is 0. The molecule has 0 saturated carbocycles. The van der Waals surface area contributed by atoms with Crippen molar-refractivity contribution in [3.8, 4) is 12.3 Å². The summed E-state index contributed by atoms with van der Waals surface area (Å²) in [6.45, 7) is 5.49. The molecule has 0 atom stereocenters. The summed E-state index contributed by atoms with van der Waals surface area (Å²) < 4.78 is 0. The Morgan fingerprint density at radius 3 is 2.21 bits per heavy atom. The van der Waals surface area contributed by atoms with Crippen molar-refractivity contribution in [1.82, 2.24) is 0 Å². The van der Waals surface area contributed by atoms with Crippen molar-refractivity contribution in [2.45, 2.75) is 20.8 Å². The maximum Gasteiger partial charge on any atom is 0.255 e. The summed E-state index contributed by atoms with van der Waals surface area (Å²) >= 11 is 0. The highest BCUT2D eigenvalue weighted by Gasteiger charge is 2.21. The van der Waals surface area contributed by atoms with E-state index in [1.165, 1.54) is 0 Å². The molecule has 0 aliphatic rings. The van der Waals surface area contributed by atoms with E-state index in [1.54, 1.807) is 48.5 Å². The molecule has 122 valence electrons. The molecule has 2 aromatic carbocycles. The van der Waals surface area contributed by atoms with E-state index in [9.17, 15) is 9.59 Å². The van der Waals surface area contributed by atoms with Crippen LogP contribution in [0.1, 0.15) is 36.7 Å². The maximum atomic E-state index is 12.4. The minimum Gasteiger partial charge on any atom is -0.326 e. The van der Waals surface area contributed by atoms with Crippen molar-refractivity contribution in [2.24, 2.45) is 5.41 Å². The summed E-state index contributed by atoms with van der Waals surface area (Å²) in [6, 6.07) is 13.9. The molecule has 0 unspecified atom stereocenters. The van der Waals surface area contributed by atoms with Crippen LogP contribution in [0.5, 0.6) is 0 Å². The third-order valence-corrected chi connectivity index (χ3v) is 3.35. The van der Waals surface area contributed by atoms with Crippen molar-refractivity contribution in [2.75, 3.05) is 10.6 Å². The number of amides is 2. The van der Waals surface area contributed by atoms with Crippen molar-refractivity contribution in [1.29, 1.82) is 0 Å². The number of anilines is 2. The Balaban J connectivity index is 2.14. The molecule has 4 nitrogen and oxygen atoms in total. The van der Waals surface area contributed by atoms with E-state index < -0.39 is 5.41 Å². The van der Waals surface area contributed by atoms with Gasteiger partial charge in [-0.15, -0.1) is 6.42 Å². The first-order valence-electron chi connectivity index (χ1n) is 7.59. The fourth-order valence-electron chi connectivity index (χ4n) is 1.95. The molecular weight excluding hydrogens is 300 g/mol. The molecule has 2 rings (SSSR count). The Bertz CT molecular complexity index is 811. The lowest BCUT2D eigenvalue weighted by molar-refractivity contribution is -0.123. The standard InChI is InChI=1S/C20H20N2O2/c1-5-14-8-6-10-16(12-14)21-18(23)15-9-7-11-17(13-15)22-19(24)20(2,3)4/h1,6-13H,2-4H3,(H,21,23)(H,22,24). The van der Waals surface area contributed by atoms with Crippen LogP contribution in [0.4, 0.5) is 11.4 Å². The van der Waals surface area contributed by atoms with Gasteiger partial charge < -0.3 is 10.6 Å². The van der Waals surface area contributed by atoms with E-state index in [0.29, 0.717) is 22.5 Å². The summed E-state index contributed by atoms with van der Waals surface area (Å²) in [4.78, 5) is 24.4. The number of rotatable bonds is 3. The Morgan fingerprint density at radius 1 is 0.958 bits per heavy atom. The van der Waals surface area contributed by atoms with Crippen LogP contribution in [-0.4, -0.2) is 11.8 Å². The zero-order chi connectivity index (χ0) is 17.7. The van der Waals surface area contributed by atoms with E-state index in [0.717, 1.165) is 0 Å². The van der Waals surface area contributed by atoms with Crippen LogP contribution in [-0.2, 0) is 4.79 Å². The Labute approximate surface area is 142 Å². The molecule has 0 fully saturated rings. The van der Waals surface area contributed by atoms with E-state index in [-0.39, 0.29) is 11.8 Å². The van der Waals surface area contributed by atoms with Crippen molar-refractivity contribution in [3.63, 3.8) is 0 Å². The van der Waals surface area contributed by atoms with E-state index in [2.05, 4.69) is 16.6 Å². The highest BCUT2D eigenvalue weighted by Crippen LogP contribution is 2.19. The molecule has 2 N–H and O–H groups in total. The average Bonchev–Trinajstić information content (AvgIpc) is 2.54. The monoisotopic (exact) mass is 320 g/mol. The predicted octanol–water partition coefficient (Wildman–Crippen LogP) is 3.90. The van der Waals surface area contributed by atoms with E-state index >= 15 is 0 Å². The van der Waals surface area contributed by atoms with E-state index in [1.807, 2.05) is 20.8 Å². The number of hydrogen-bond donors (Lipinski definition) is 2. The Hall–Kier alpha value is -3.06. The van der Waals surface area contributed by atoms with Gasteiger partial charge in [0.05, 0.1) is 0 Å². The number of carbonyl (C=O) groups excluding carboxylic acids is 2. The van der Waals surface area contributed by atoms with Gasteiger partial charge in [-0.1, -0.05) is 38.8 Å². The van der Waals surface area contributed by atoms with Crippen LogP contribution < -0.4 is 10.6 Å². The predicted molar refractivity (Wildman–Crippen MR) is 96.9 cm³/mol. The van der Waals surface area contributed by atoms with Crippen LogP contribution in [0.15, 0.2) is 48.5 Å². The van der Waals surface area contributed by atoms with Crippen LogP contribution >= 0.6 is 0 Å².